The van der Waals surface area contributed by atoms with Crippen LogP contribution in [0, 0.1) is 0 Å². The molecular formula is C15H20N4O. The molecule has 2 aliphatic heterocycles. The first kappa shape index (κ1) is 12.0. The van der Waals surface area contributed by atoms with Crippen molar-refractivity contribution in [1.82, 2.24) is 9.78 Å². The molecule has 2 saturated heterocycles. The second kappa shape index (κ2) is 4.66. The Morgan fingerprint density at radius 3 is 2.80 bits per heavy atom. The fourth-order valence-corrected chi connectivity index (χ4v) is 3.04. The molecule has 0 spiro atoms. The molecule has 0 amide bonds. The Hall–Kier alpha value is -1.75. The Kier molecular flexibility index (Phi) is 2.80. The second-order valence-electron chi connectivity index (χ2n) is 5.71. The van der Waals surface area contributed by atoms with E-state index in [4.69, 9.17) is 15.6 Å². The molecule has 3 heterocycles. The van der Waals surface area contributed by atoms with Gasteiger partial charge in [0.1, 0.15) is 0 Å². The molecule has 1 aromatic heterocycles. The van der Waals surface area contributed by atoms with Gasteiger partial charge in [-0.2, -0.15) is 5.10 Å². The van der Waals surface area contributed by atoms with E-state index in [-0.39, 0.29) is 6.23 Å². The van der Waals surface area contributed by atoms with Crippen LogP contribution in [0.3, 0.4) is 0 Å². The molecule has 2 N–H and O–H groups in total. The maximum Gasteiger partial charge on any atom is 0.158 e. The highest BCUT2D eigenvalue weighted by molar-refractivity contribution is 5.93. The lowest BCUT2D eigenvalue weighted by Crippen LogP contribution is -2.37. The summed E-state index contributed by atoms with van der Waals surface area (Å²) in [6.07, 6.45) is 4.73. The van der Waals surface area contributed by atoms with Gasteiger partial charge in [0.2, 0.25) is 0 Å². The Balaban J connectivity index is 1.83. The summed E-state index contributed by atoms with van der Waals surface area (Å²) in [6.45, 7) is 3.01. The van der Waals surface area contributed by atoms with E-state index >= 15 is 0 Å². The van der Waals surface area contributed by atoms with Crippen molar-refractivity contribution in [3.8, 4) is 0 Å². The third kappa shape index (κ3) is 1.85. The van der Waals surface area contributed by atoms with Gasteiger partial charge in [-0.25, -0.2) is 4.68 Å². The lowest BCUT2D eigenvalue weighted by molar-refractivity contribution is -0.0365. The van der Waals surface area contributed by atoms with Crippen molar-refractivity contribution in [2.75, 3.05) is 30.3 Å². The highest BCUT2D eigenvalue weighted by atomic mass is 16.5. The first-order valence-electron chi connectivity index (χ1n) is 7.47. The molecule has 5 nitrogen and oxygen atoms in total. The summed E-state index contributed by atoms with van der Waals surface area (Å²) in [7, 11) is 0. The zero-order chi connectivity index (χ0) is 13.5. The van der Waals surface area contributed by atoms with E-state index < -0.39 is 0 Å². The van der Waals surface area contributed by atoms with Crippen LogP contribution < -0.4 is 10.6 Å². The van der Waals surface area contributed by atoms with Gasteiger partial charge in [0, 0.05) is 30.8 Å². The molecule has 1 atom stereocenters. The summed E-state index contributed by atoms with van der Waals surface area (Å²) >= 11 is 0. The quantitative estimate of drug-likeness (QED) is 0.854. The molecule has 0 bridgehead atoms. The molecule has 2 aliphatic rings. The van der Waals surface area contributed by atoms with E-state index in [1.807, 2.05) is 12.1 Å². The molecule has 1 unspecified atom stereocenters. The van der Waals surface area contributed by atoms with Crippen LogP contribution in [0.15, 0.2) is 18.2 Å². The van der Waals surface area contributed by atoms with Gasteiger partial charge in [-0.1, -0.05) is 0 Å². The van der Waals surface area contributed by atoms with Crippen LogP contribution in [0.1, 0.15) is 31.9 Å². The normalized spacial score (nSPS) is 23.0. The van der Waals surface area contributed by atoms with Crippen molar-refractivity contribution in [2.24, 2.45) is 0 Å². The largest absolute Gasteiger partial charge is 0.399 e. The first-order valence-corrected chi connectivity index (χ1v) is 7.47. The standard InChI is InChI=1S/C15H20N4O/c16-11-5-6-13-12(10-11)15(18-7-3-8-18)17-19(13)14-4-1-2-9-20-14/h5-6,10,14H,1-4,7-9,16H2. The molecule has 0 radical (unpaired) electrons. The van der Waals surface area contributed by atoms with E-state index in [0.717, 1.165) is 54.9 Å². The van der Waals surface area contributed by atoms with Gasteiger partial charge in [-0.15, -0.1) is 0 Å². The Morgan fingerprint density at radius 2 is 2.10 bits per heavy atom. The predicted molar refractivity (Wildman–Crippen MR) is 79.8 cm³/mol. The first-order chi connectivity index (χ1) is 9.83. The number of rotatable bonds is 2. The van der Waals surface area contributed by atoms with Gasteiger partial charge in [-0.3, -0.25) is 0 Å². The van der Waals surface area contributed by atoms with Crippen LogP contribution >= 0.6 is 0 Å². The lowest BCUT2D eigenvalue weighted by atomic mass is 10.1. The molecule has 4 rings (SSSR count). The van der Waals surface area contributed by atoms with Crippen LogP contribution in [0.25, 0.3) is 10.9 Å². The van der Waals surface area contributed by atoms with E-state index in [1.165, 1.54) is 12.8 Å². The fourth-order valence-electron chi connectivity index (χ4n) is 3.04. The van der Waals surface area contributed by atoms with Crippen molar-refractivity contribution in [3.63, 3.8) is 0 Å². The van der Waals surface area contributed by atoms with Gasteiger partial charge >= 0.3 is 0 Å². The van der Waals surface area contributed by atoms with Crippen molar-refractivity contribution in [1.29, 1.82) is 0 Å². The molecule has 2 aromatic rings. The number of hydrogen-bond acceptors (Lipinski definition) is 4. The average Bonchev–Trinajstić information content (AvgIpc) is 2.77. The molecule has 20 heavy (non-hydrogen) atoms. The van der Waals surface area contributed by atoms with Crippen molar-refractivity contribution < 1.29 is 4.74 Å². The highest BCUT2D eigenvalue weighted by Crippen LogP contribution is 2.34. The molecule has 2 fully saturated rings. The molecular weight excluding hydrogens is 252 g/mol. The Labute approximate surface area is 118 Å². The van der Waals surface area contributed by atoms with Gasteiger partial charge < -0.3 is 15.4 Å². The number of ether oxygens (including phenoxy) is 1. The summed E-state index contributed by atoms with van der Waals surface area (Å²) in [5.41, 5.74) is 7.88. The second-order valence-corrected chi connectivity index (χ2v) is 5.71. The summed E-state index contributed by atoms with van der Waals surface area (Å²) in [5.74, 6) is 1.06. The van der Waals surface area contributed by atoms with Gasteiger partial charge in [0.15, 0.2) is 12.0 Å². The Morgan fingerprint density at radius 1 is 1.20 bits per heavy atom. The maximum atomic E-state index is 5.95. The van der Waals surface area contributed by atoms with Gasteiger partial charge in [-0.05, 0) is 43.9 Å². The SMILES string of the molecule is Nc1ccc2c(c1)c(N1CCC1)nn2C1CCCCO1. The number of nitrogens with zero attached hydrogens (tertiary/aromatic N) is 3. The molecule has 5 heteroatoms. The van der Waals surface area contributed by atoms with Crippen LogP contribution in [0.5, 0.6) is 0 Å². The smallest absolute Gasteiger partial charge is 0.158 e. The molecule has 1 aromatic carbocycles. The van der Waals surface area contributed by atoms with E-state index in [2.05, 4.69) is 15.6 Å². The number of anilines is 2. The zero-order valence-corrected chi connectivity index (χ0v) is 11.6. The van der Waals surface area contributed by atoms with Crippen LogP contribution in [-0.4, -0.2) is 29.5 Å². The zero-order valence-electron chi connectivity index (χ0n) is 11.6. The predicted octanol–water partition coefficient (Wildman–Crippen LogP) is 2.53. The number of fused-ring (bicyclic) bond motifs is 1. The number of aromatic nitrogens is 2. The number of nitrogens with two attached hydrogens (primary N) is 1. The minimum atomic E-state index is 0.0740. The van der Waals surface area contributed by atoms with Crippen molar-refractivity contribution in [3.05, 3.63) is 18.2 Å². The summed E-state index contributed by atoms with van der Waals surface area (Å²) in [4.78, 5) is 2.32. The van der Waals surface area contributed by atoms with E-state index in [1.54, 1.807) is 0 Å². The highest BCUT2D eigenvalue weighted by Gasteiger charge is 2.25. The molecule has 106 valence electrons. The van der Waals surface area contributed by atoms with Crippen molar-refractivity contribution >= 4 is 22.4 Å². The minimum absolute atomic E-state index is 0.0740. The van der Waals surface area contributed by atoms with Gasteiger partial charge in [0.05, 0.1) is 5.52 Å². The number of hydrogen-bond donors (Lipinski definition) is 1. The maximum absolute atomic E-state index is 5.95. The van der Waals surface area contributed by atoms with Crippen LogP contribution in [-0.2, 0) is 4.74 Å². The number of nitrogen functional groups attached to an aromatic ring is 1. The molecule has 0 aliphatic carbocycles. The number of benzene rings is 1. The topological polar surface area (TPSA) is 56.3 Å². The summed E-state index contributed by atoms with van der Waals surface area (Å²) in [6, 6.07) is 6.05. The van der Waals surface area contributed by atoms with Crippen LogP contribution in [0.4, 0.5) is 11.5 Å². The van der Waals surface area contributed by atoms with Crippen LogP contribution in [0.2, 0.25) is 0 Å². The third-order valence-corrected chi connectivity index (χ3v) is 4.29. The molecule has 0 saturated carbocycles. The van der Waals surface area contributed by atoms with E-state index in [0.29, 0.717) is 0 Å². The summed E-state index contributed by atoms with van der Waals surface area (Å²) < 4.78 is 7.95. The average molecular weight is 272 g/mol. The monoisotopic (exact) mass is 272 g/mol. The van der Waals surface area contributed by atoms with E-state index in [9.17, 15) is 0 Å². The van der Waals surface area contributed by atoms with Crippen molar-refractivity contribution in [2.45, 2.75) is 31.9 Å². The third-order valence-electron chi connectivity index (χ3n) is 4.29. The van der Waals surface area contributed by atoms with Gasteiger partial charge in [0.25, 0.3) is 0 Å². The minimum Gasteiger partial charge on any atom is -0.399 e. The summed E-state index contributed by atoms with van der Waals surface area (Å²) in [5, 5.41) is 5.99. The fraction of sp³-hybridized carbons (Fsp3) is 0.533. The lowest BCUT2D eigenvalue weighted by Gasteiger charge is -2.31. The Bertz CT molecular complexity index is 626.